The van der Waals surface area contributed by atoms with Crippen LogP contribution < -0.4 is 5.32 Å². The molecule has 0 aliphatic heterocycles. The molecule has 1 unspecified atom stereocenters. The average Bonchev–Trinajstić information content (AvgIpc) is 2.54. The van der Waals surface area contributed by atoms with Crippen LogP contribution in [-0.4, -0.2) is 33.0 Å². The highest BCUT2D eigenvalue weighted by atomic mass is 32.2. The standard InChI is InChI=1S/C10H17NO3S/c1-3-11-10(8-15(2,12)13)6-9-4-5-14-7-9/h4-5,7,10-11H,3,6,8H2,1-2H3. The number of likely N-dealkylation sites (N-methyl/N-ethyl adjacent to an activating group) is 1. The second kappa shape index (κ2) is 5.32. The summed E-state index contributed by atoms with van der Waals surface area (Å²) >= 11 is 0. The molecule has 0 fully saturated rings. The van der Waals surface area contributed by atoms with Gasteiger partial charge in [0.25, 0.3) is 0 Å². The van der Waals surface area contributed by atoms with Crippen LogP contribution in [-0.2, 0) is 16.3 Å². The quantitative estimate of drug-likeness (QED) is 0.788. The molecule has 0 saturated carbocycles. The van der Waals surface area contributed by atoms with E-state index in [0.29, 0.717) is 6.42 Å². The van der Waals surface area contributed by atoms with Crippen molar-refractivity contribution >= 4 is 9.84 Å². The Bertz CT molecular complexity index is 369. The minimum absolute atomic E-state index is 0.0393. The Kier molecular flexibility index (Phi) is 4.35. The van der Waals surface area contributed by atoms with Crippen LogP contribution in [0.3, 0.4) is 0 Å². The van der Waals surface area contributed by atoms with Crippen molar-refractivity contribution in [1.82, 2.24) is 5.32 Å². The van der Waals surface area contributed by atoms with Gasteiger partial charge in [-0.1, -0.05) is 6.92 Å². The SMILES string of the molecule is CCNC(Cc1ccoc1)CS(C)(=O)=O. The summed E-state index contributed by atoms with van der Waals surface area (Å²) in [5, 5.41) is 3.16. The zero-order valence-electron chi connectivity index (χ0n) is 9.06. The van der Waals surface area contributed by atoms with E-state index in [1.54, 1.807) is 12.5 Å². The third-order valence-corrected chi connectivity index (χ3v) is 3.07. The molecule has 0 saturated heterocycles. The molecule has 1 aromatic heterocycles. The number of sulfone groups is 1. The summed E-state index contributed by atoms with van der Waals surface area (Å²) in [7, 11) is -2.94. The summed E-state index contributed by atoms with van der Waals surface area (Å²) < 4.78 is 27.3. The van der Waals surface area contributed by atoms with E-state index in [2.05, 4.69) is 5.32 Å². The fraction of sp³-hybridized carbons (Fsp3) is 0.600. The van der Waals surface area contributed by atoms with E-state index < -0.39 is 9.84 Å². The van der Waals surface area contributed by atoms with Gasteiger partial charge >= 0.3 is 0 Å². The Morgan fingerprint density at radius 2 is 2.27 bits per heavy atom. The Morgan fingerprint density at radius 3 is 2.73 bits per heavy atom. The number of rotatable bonds is 6. The normalized spacial score (nSPS) is 14.0. The minimum atomic E-state index is -2.94. The molecule has 1 heterocycles. The highest BCUT2D eigenvalue weighted by molar-refractivity contribution is 7.90. The van der Waals surface area contributed by atoms with Gasteiger partial charge < -0.3 is 9.73 Å². The molecular formula is C10H17NO3S. The van der Waals surface area contributed by atoms with Crippen molar-refractivity contribution in [2.45, 2.75) is 19.4 Å². The number of nitrogens with one attached hydrogen (secondary N) is 1. The van der Waals surface area contributed by atoms with Crippen molar-refractivity contribution in [3.8, 4) is 0 Å². The van der Waals surface area contributed by atoms with Gasteiger partial charge in [-0.25, -0.2) is 8.42 Å². The molecule has 0 aromatic carbocycles. The number of hydrogen-bond donors (Lipinski definition) is 1. The number of hydrogen-bond acceptors (Lipinski definition) is 4. The van der Waals surface area contributed by atoms with Gasteiger partial charge in [0.1, 0.15) is 9.84 Å². The zero-order valence-corrected chi connectivity index (χ0v) is 9.88. The van der Waals surface area contributed by atoms with Crippen LogP contribution in [0.1, 0.15) is 12.5 Å². The van der Waals surface area contributed by atoms with Crippen molar-refractivity contribution in [1.29, 1.82) is 0 Å². The Morgan fingerprint density at radius 1 is 1.53 bits per heavy atom. The summed E-state index contributed by atoms with van der Waals surface area (Å²) in [4.78, 5) is 0. The van der Waals surface area contributed by atoms with E-state index in [4.69, 9.17) is 4.42 Å². The van der Waals surface area contributed by atoms with Crippen LogP contribution in [0.4, 0.5) is 0 Å². The van der Waals surface area contributed by atoms with Crippen LogP contribution in [0.2, 0.25) is 0 Å². The molecule has 0 spiro atoms. The molecule has 0 radical (unpaired) electrons. The molecule has 1 N–H and O–H groups in total. The van der Waals surface area contributed by atoms with Gasteiger partial charge in [-0.3, -0.25) is 0 Å². The van der Waals surface area contributed by atoms with E-state index >= 15 is 0 Å². The Hall–Kier alpha value is -0.810. The van der Waals surface area contributed by atoms with Gasteiger partial charge in [-0.05, 0) is 24.6 Å². The fourth-order valence-corrected chi connectivity index (χ4v) is 2.50. The van der Waals surface area contributed by atoms with Crippen LogP contribution in [0.15, 0.2) is 23.0 Å². The van der Waals surface area contributed by atoms with Gasteiger partial charge in [-0.15, -0.1) is 0 Å². The maximum Gasteiger partial charge on any atom is 0.148 e. The Balaban J connectivity index is 2.58. The lowest BCUT2D eigenvalue weighted by atomic mass is 10.1. The topological polar surface area (TPSA) is 59.3 Å². The third kappa shape index (κ3) is 4.99. The van der Waals surface area contributed by atoms with Crippen LogP contribution in [0.5, 0.6) is 0 Å². The van der Waals surface area contributed by atoms with E-state index in [-0.39, 0.29) is 11.8 Å². The third-order valence-electron chi connectivity index (χ3n) is 2.06. The first-order valence-electron chi connectivity index (χ1n) is 4.93. The van der Waals surface area contributed by atoms with Gasteiger partial charge in [0.15, 0.2) is 0 Å². The highest BCUT2D eigenvalue weighted by Gasteiger charge is 2.15. The summed E-state index contributed by atoms with van der Waals surface area (Å²) in [5.74, 6) is 0.159. The first-order chi connectivity index (χ1) is 7.01. The fourth-order valence-electron chi connectivity index (χ4n) is 1.54. The lowest BCUT2D eigenvalue weighted by Crippen LogP contribution is -2.37. The second-order valence-corrected chi connectivity index (χ2v) is 5.87. The molecule has 1 rings (SSSR count). The van der Waals surface area contributed by atoms with Gasteiger partial charge in [-0.2, -0.15) is 0 Å². The van der Waals surface area contributed by atoms with Crippen LogP contribution in [0.25, 0.3) is 0 Å². The summed E-state index contributed by atoms with van der Waals surface area (Å²) in [6.45, 7) is 2.72. The van der Waals surface area contributed by atoms with Gasteiger partial charge in [0.05, 0.1) is 18.3 Å². The number of furan rings is 1. The van der Waals surface area contributed by atoms with Crippen molar-refractivity contribution in [2.75, 3.05) is 18.6 Å². The molecule has 4 nitrogen and oxygen atoms in total. The minimum Gasteiger partial charge on any atom is -0.472 e. The molecule has 15 heavy (non-hydrogen) atoms. The van der Waals surface area contributed by atoms with Crippen LogP contribution >= 0.6 is 0 Å². The van der Waals surface area contributed by atoms with Crippen molar-refractivity contribution in [2.24, 2.45) is 0 Å². The van der Waals surface area contributed by atoms with Crippen molar-refractivity contribution in [3.05, 3.63) is 24.2 Å². The molecule has 5 heteroatoms. The van der Waals surface area contributed by atoms with Gasteiger partial charge in [0, 0.05) is 12.3 Å². The summed E-state index contributed by atoms with van der Waals surface area (Å²) in [5.41, 5.74) is 1.02. The van der Waals surface area contributed by atoms with Gasteiger partial charge in [0.2, 0.25) is 0 Å². The maximum absolute atomic E-state index is 11.2. The largest absolute Gasteiger partial charge is 0.472 e. The lowest BCUT2D eigenvalue weighted by Gasteiger charge is -2.15. The van der Waals surface area contributed by atoms with Crippen molar-refractivity contribution in [3.63, 3.8) is 0 Å². The average molecular weight is 231 g/mol. The molecule has 86 valence electrons. The first kappa shape index (κ1) is 12.3. The first-order valence-corrected chi connectivity index (χ1v) is 6.99. The van der Waals surface area contributed by atoms with E-state index in [1.165, 1.54) is 6.26 Å². The summed E-state index contributed by atoms with van der Waals surface area (Å²) in [6.07, 6.45) is 5.18. The lowest BCUT2D eigenvalue weighted by molar-refractivity contribution is 0.534. The second-order valence-electron chi connectivity index (χ2n) is 3.68. The molecule has 0 amide bonds. The van der Waals surface area contributed by atoms with Crippen LogP contribution in [0, 0.1) is 0 Å². The molecule has 0 aliphatic rings. The Labute approximate surface area is 90.6 Å². The van der Waals surface area contributed by atoms with E-state index in [1.807, 2.05) is 13.0 Å². The van der Waals surface area contributed by atoms with E-state index in [0.717, 1.165) is 12.1 Å². The van der Waals surface area contributed by atoms with Crippen molar-refractivity contribution < 1.29 is 12.8 Å². The molecule has 0 bridgehead atoms. The smallest absolute Gasteiger partial charge is 0.148 e. The zero-order chi connectivity index (χ0) is 11.3. The maximum atomic E-state index is 11.2. The predicted octanol–water partition coefficient (Wildman–Crippen LogP) is 0.845. The summed E-state index contributed by atoms with van der Waals surface area (Å²) in [6, 6.07) is 1.81. The predicted molar refractivity (Wildman–Crippen MR) is 59.6 cm³/mol. The van der Waals surface area contributed by atoms with E-state index in [9.17, 15) is 8.42 Å². The monoisotopic (exact) mass is 231 g/mol. The molecule has 0 aliphatic carbocycles. The molecule has 1 atom stereocenters. The molecule has 1 aromatic rings. The molecular weight excluding hydrogens is 214 g/mol. The highest BCUT2D eigenvalue weighted by Crippen LogP contribution is 2.05.